The van der Waals surface area contributed by atoms with Gasteiger partial charge in [-0.2, -0.15) is 0 Å². The molecule has 1 aromatic heterocycles. The van der Waals surface area contributed by atoms with Crippen LogP contribution in [0.15, 0.2) is 18.5 Å². The third-order valence-electron chi connectivity index (χ3n) is 2.93. The molecule has 80 valence electrons. The summed E-state index contributed by atoms with van der Waals surface area (Å²) in [6.45, 7) is 3.63. The van der Waals surface area contributed by atoms with Gasteiger partial charge in [-0.3, -0.25) is 9.88 Å². The zero-order chi connectivity index (χ0) is 11.1. The molecule has 2 amide bonds. The number of aromatic nitrogens is 1. The van der Waals surface area contributed by atoms with Crippen molar-refractivity contribution in [1.29, 1.82) is 0 Å². The van der Waals surface area contributed by atoms with E-state index >= 15 is 0 Å². The Bertz CT molecular complexity index is 401. The van der Waals surface area contributed by atoms with Crippen molar-refractivity contribution in [3.8, 4) is 0 Å². The van der Waals surface area contributed by atoms with Crippen molar-refractivity contribution in [2.45, 2.75) is 6.92 Å². The molecule has 4 heteroatoms. The minimum absolute atomic E-state index is 0.145. The number of pyridine rings is 1. The summed E-state index contributed by atoms with van der Waals surface area (Å²) in [5, 5.41) is 0. The van der Waals surface area contributed by atoms with Crippen molar-refractivity contribution < 1.29 is 9.28 Å². The van der Waals surface area contributed by atoms with Crippen molar-refractivity contribution in [2.75, 3.05) is 32.1 Å². The molecule has 0 N–H and O–H groups in total. The molecule has 2 rings (SSSR count). The number of nitrogens with zero attached hydrogens (tertiary/aromatic N) is 3. The van der Waals surface area contributed by atoms with Gasteiger partial charge in [0, 0.05) is 6.20 Å². The van der Waals surface area contributed by atoms with E-state index in [1.54, 1.807) is 12.4 Å². The lowest BCUT2D eigenvalue weighted by Gasteiger charge is -2.20. The van der Waals surface area contributed by atoms with Gasteiger partial charge in [0.15, 0.2) is 0 Å². The Labute approximate surface area is 89.7 Å². The minimum atomic E-state index is 0.145. The molecule has 1 aromatic rings. The van der Waals surface area contributed by atoms with E-state index in [9.17, 15) is 4.79 Å². The lowest BCUT2D eigenvalue weighted by molar-refractivity contribution is -0.797. The number of carbonyl (C=O) groups excluding carboxylic acids is 1. The van der Waals surface area contributed by atoms with E-state index in [-0.39, 0.29) is 6.03 Å². The summed E-state index contributed by atoms with van der Waals surface area (Å²) < 4.78 is 0.425. The van der Waals surface area contributed by atoms with Crippen molar-refractivity contribution in [3.05, 3.63) is 24.0 Å². The Balaban J connectivity index is 2.35. The van der Waals surface area contributed by atoms with E-state index in [4.69, 9.17) is 0 Å². The summed E-state index contributed by atoms with van der Waals surface area (Å²) in [6.07, 6.45) is 3.51. The van der Waals surface area contributed by atoms with Gasteiger partial charge >= 0.3 is 6.03 Å². The molecule has 0 bridgehead atoms. The van der Waals surface area contributed by atoms with Crippen LogP contribution in [0, 0.1) is 6.92 Å². The number of quaternary nitrogens is 1. The van der Waals surface area contributed by atoms with E-state index in [0.29, 0.717) is 4.48 Å². The number of carbonyl (C=O) groups is 1. The smallest absolute Gasteiger partial charge is 0.263 e. The van der Waals surface area contributed by atoms with E-state index in [1.807, 2.05) is 32.0 Å². The van der Waals surface area contributed by atoms with Crippen LogP contribution in [0.1, 0.15) is 5.56 Å². The summed E-state index contributed by atoms with van der Waals surface area (Å²) in [5.41, 5.74) is 2.03. The van der Waals surface area contributed by atoms with Crippen LogP contribution in [0.4, 0.5) is 10.5 Å². The maximum Gasteiger partial charge on any atom is 0.423 e. The van der Waals surface area contributed by atoms with Crippen LogP contribution in [0.5, 0.6) is 0 Å². The molecule has 1 fully saturated rings. The summed E-state index contributed by atoms with van der Waals surface area (Å²) in [4.78, 5) is 17.9. The predicted octanol–water partition coefficient (Wildman–Crippen LogP) is 1.41. The van der Waals surface area contributed by atoms with Crippen molar-refractivity contribution >= 4 is 11.7 Å². The number of anilines is 1. The molecule has 0 atom stereocenters. The topological polar surface area (TPSA) is 33.2 Å². The Morgan fingerprint density at radius 2 is 2.20 bits per heavy atom. The van der Waals surface area contributed by atoms with E-state index in [2.05, 4.69) is 4.98 Å². The Morgan fingerprint density at radius 1 is 1.47 bits per heavy atom. The zero-order valence-corrected chi connectivity index (χ0v) is 9.40. The molecule has 4 nitrogen and oxygen atoms in total. The first kappa shape index (κ1) is 10.1. The normalized spacial score (nSPS) is 19.7. The van der Waals surface area contributed by atoms with Gasteiger partial charge < -0.3 is 0 Å². The van der Waals surface area contributed by atoms with Gasteiger partial charge in [-0.05, 0) is 18.6 Å². The largest absolute Gasteiger partial charge is 0.423 e. The molecule has 1 saturated heterocycles. The first-order valence-corrected chi connectivity index (χ1v) is 5.08. The second-order valence-corrected chi connectivity index (χ2v) is 4.50. The van der Waals surface area contributed by atoms with Crippen LogP contribution >= 0.6 is 0 Å². The van der Waals surface area contributed by atoms with Crippen LogP contribution in [-0.4, -0.2) is 42.7 Å². The van der Waals surface area contributed by atoms with Crippen LogP contribution in [0.3, 0.4) is 0 Å². The molecular weight excluding hydrogens is 190 g/mol. The highest BCUT2D eigenvalue weighted by Crippen LogP contribution is 2.24. The summed E-state index contributed by atoms with van der Waals surface area (Å²) in [7, 11) is 3.88. The Hall–Kier alpha value is -1.42. The summed E-state index contributed by atoms with van der Waals surface area (Å²) in [6, 6.07) is 2.08. The van der Waals surface area contributed by atoms with Gasteiger partial charge in [0.2, 0.25) is 0 Å². The minimum Gasteiger partial charge on any atom is -0.263 e. The molecule has 15 heavy (non-hydrogen) atoms. The first-order chi connectivity index (χ1) is 7.02. The predicted molar refractivity (Wildman–Crippen MR) is 58.7 cm³/mol. The average Bonchev–Trinajstić information content (AvgIpc) is 2.44. The van der Waals surface area contributed by atoms with E-state index < -0.39 is 0 Å². The van der Waals surface area contributed by atoms with Crippen molar-refractivity contribution in [3.63, 3.8) is 0 Å². The fourth-order valence-corrected chi connectivity index (χ4v) is 1.83. The van der Waals surface area contributed by atoms with Gasteiger partial charge in [0.1, 0.15) is 6.54 Å². The third-order valence-corrected chi connectivity index (χ3v) is 2.93. The number of aryl methyl sites for hydroxylation is 1. The SMILES string of the molecule is Cc1ccncc1N1CC[N+](C)(C)C1=O. The third kappa shape index (κ3) is 1.61. The quantitative estimate of drug-likeness (QED) is 0.651. The molecular formula is C11H16N3O+. The van der Waals surface area contributed by atoms with E-state index in [0.717, 1.165) is 24.3 Å². The van der Waals surface area contributed by atoms with Crippen molar-refractivity contribution in [1.82, 2.24) is 4.98 Å². The number of rotatable bonds is 1. The van der Waals surface area contributed by atoms with Crippen molar-refractivity contribution in [2.24, 2.45) is 0 Å². The van der Waals surface area contributed by atoms with Gasteiger partial charge in [0.05, 0.1) is 32.5 Å². The second kappa shape index (κ2) is 3.31. The van der Waals surface area contributed by atoms with Gasteiger partial charge in [-0.15, -0.1) is 0 Å². The highest BCUT2D eigenvalue weighted by molar-refractivity contribution is 5.89. The van der Waals surface area contributed by atoms with Crippen LogP contribution in [-0.2, 0) is 0 Å². The van der Waals surface area contributed by atoms with Gasteiger partial charge in [0.25, 0.3) is 0 Å². The molecule has 1 aliphatic heterocycles. The molecule has 0 aliphatic carbocycles. The lowest BCUT2D eigenvalue weighted by Crippen LogP contribution is -2.43. The first-order valence-electron chi connectivity index (χ1n) is 5.08. The standard InChI is InChI=1S/C11H16N3O/c1-9-4-5-12-8-10(9)13-6-7-14(2,3)11(13)15/h4-5,8H,6-7H2,1-3H3/q+1. The Morgan fingerprint density at radius 3 is 2.73 bits per heavy atom. The maximum atomic E-state index is 12.1. The van der Waals surface area contributed by atoms with Gasteiger partial charge in [-0.1, -0.05) is 0 Å². The number of urea groups is 1. The maximum absolute atomic E-state index is 12.1. The van der Waals surface area contributed by atoms with Gasteiger partial charge in [-0.25, -0.2) is 9.28 Å². The number of hydrogen-bond donors (Lipinski definition) is 0. The fourth-order valence-electron chi connectivity index (χ4n) is 1.83. The van der Waals surface area contributed by atoms with E-state index in [1.165, 1.54) is 0 Å². The Kier molecular flexibility index (Phi) is 2.23. The highest BCUT2D eigenvalue weighted by Gasteiger charge is 2.40. The number of hydrogen-bond acceptors (Lipinski definition) is 2. The molecule has 0 radical (unpaired) electrons. The van der Waals surface area contributed by atoms with Crippen LogP contribution in [0.25, 0.3) is 0 Å². The second-order valence-electron chi connectivity index (χ2n) is 4.50. The molecule has 0 unspecified atom stereocenters. The number of likely N-dealkylation sites (N-methyl/N-ethyl adjacent to an activating group) is 1. The zero-order valence-electron chi connectivity index (χ0n) is 9.40. The molecule has 2 heterocycles. The summed E-state index contributed by atoms with van der Waals surface area (Å²) in [5.74, 6) is 0. The van der Waals surface area contributed by atoms with Crippen LogP contribution < -0.4 is 4.90 Å². The average molecular weight is 206 g/mol. The monoisotopic (exact) mass is 206 g/mol. The molecule has 0 spiro atoms. The number of amides is 2. The molecule has 0 saturated carbocycles. The fraction of sp³-hybridized carbons (Fsp3) is 0.455. The summed E-state index contributed by atoms with van der Waals surface area (Å²) >= 11 is 0. The lowest BCUT2D eigenvalue weighted by atomic mass is 10.2. The van der Waals surface area contributed by atoms with Crippen LogP contribution in [0.2, 0.25) is 0 Å². The highest BCUT2D eigenvalue weighted by atomic mass is 16.2. The molecule has 0 aromatic carbocycles. The molecule has 1 aliphatic rings.